The second kappa shape index (κ2) is 7.90. The molecule has 1 heterocycles. The first-order chi connectivity index (χ1) is 8.22. The third-order valence-electron chi connectivity index (χ3n) is 2.53. The van der Waals surface area contributed by atoms with Crippen LogP contribution in [0.25, 0.3) is 0 Å². The minimum absolute atomic E-state index is 0.141. The number of carbonyl (C=O) groups is 1. The van der Waals surface area contributed by atoms with Crippen molar-refractivity contribution in [1.82, 2.24) is 5.32 Å². The van der Waals surface area contributed by atoms with Crippen LogP contribution >= 0.6 is 0 Å². The molecule has 4 heteroatoms. The van der Waals surface area contributed by atoms with E-state index in [9.17, 15) is 4.79 Å². The molecule has 1 aromatic heterocycles. The number of furan rings is 1. The van der Waals surface area contributed by atoms with Crippen molar-refractivity contribution < 1.29 is 13.9 Å². The summed E-state index contributed by atoms with van der Waals surface area (Å²) in [7, 11) is 0. The third kappa shape index (κ3) is 6.12. The molecule has 0 aliphatic rings. The smallest absolute Gasteiger partial charge is 0.307 e. The third-order valence-corrected chi connectivity index (χ3v) is 2.53. The van der Waals surface area contributed by atoms with Gasteiger partial charge < -0.3 is 14.5 Å². The molecule has 4 nitrogen and oxygen atoms in total. The Morgan fingerprint density at radius 3 is 3.06 bits per heavy atom. The van der Waals surface area contributed by atoms with Crippen molar-refractivity contribution in [2.24, 2.45) is 0 Å². The zero-order valence-corrected chi connectivity index (χ0v) is 10.6. The quantitative estimate of drug-likeness (QED) is 0.706. The van der Waals surface area contributed by atoms with E-state index in [1.54, 1.807) is 6.26 Å². The molecule has 1 N–H and O–H groups in total. The van der Waals surface area contributed by atoms with Crippen LogP contribution in [-0.2, 0) is 16.0 Å². The Kier molecular flexibility index (Phi) is 6.40. The minimum atomic E-state index is -0.141. The Labute approximate surface area is 102 Å². The average Bonchev–Trinajstić information content (AvgIpc) is 2.79. The predicted molar refractivity (Wildman–Crippen MR) is 65.7 cm³/mol. The molecule has 0 fully saturated rings. The van der Waals surface area contributed by atoms with Gasteiger partial charge in [0, 0.05) is 19.0 Å². The van der Waals surface area contributed by atoms with Gasteiger partial charge in [0.1, 0.15) is 5.76 Å². The maximum atomic E-state index is 11.1. The van der Waals surface area contributed by atoms with Gasteiger partial charge in [0.15, 0.2) is 0 Å². The maximum absolute atomic E-state index is 11.1. The normalized spacial score (nSPS) is 12.4. The van der Waals surface area contributed by atoms with Crippen LogP contribution in [0.5, 0.6) is 0 Å². The Morgan fingerprint density at radius 1 is 1.59 bits per heavy atom. The number of aryl methyl sites for hydroxylation is 1. The van der Waals surface area contributed by atoms with Crippen molar-refractivity contribution in [3.8, 4) is 0 Å². The van der Waals surface area contributed by atoms with Crippen LogP contribution in [-0.4, -0.2) is 25.2 Å². The molecule has 17 heavy (non-hydrogen) atoms. The first kappa shape index (κ1) is 13.8. The van der Waals surface area contributed by atoms with Crippen molar-refractivity contribution in [3.63, 3.8) is 0 Å². The molecule has 96 valence electrons. The van der Waals surface area contributed by atoms with Crippen molar-refractivity contribution >= 4 is 5.97 Å². The molecule has 0 spiro atoms. The first-order valence-corrected chi connectivity index (χ1v) is 6.13. The van der Waals surface area contributed by atoms with Gasteiger partial charge in [-0.1, -0.05) is 0 Å². The standard InChI is InChI=1S/C13H21NO3/c1-3-16-13(15)8-9-14-11(2)6-7-12-5-4-10-17-12/h4-5,10-11,14H,3,6-9H2,1-2H3. The van der Waals surface area contributed by atoms with Gasteiger partial charge in [0.2, 0.25) is 0 Å². The monoisotopic (exact) mass is 239 g/mol. The fourth-order valence-electron chi connectivity index (χ4n) is 1.57. The van der Waals surface area contributed by atoms with Gasteiger partial charge in [-0.2, -0.15) is 0 Å². The van der Waals surface area contributed by atoms with E-state index in [4.69, 9.17) is 9.15 Å². The van der Waals surface area contributed by atoms with E-state index < -0.39 is 0 Å². The average molecular weight is 239 g/mol. The van der Waals surface area contributed by atoms with E-state index in [2.05, 4.69) is 12.2 Å². The highest BCUT2D eigenvalue weighted by atomic mass is 16.5. The largest absolute Gasteiger partial charge is 0.469 e. The molecule has 0 bridgehead atoms. The molecule has 0 aliphatic carbocycles. The number of esters is 1. The van der Waals surface area contributed by atoms with Crippen molar-refractivity contribution in [2.75, 3.05) is 13.2 Å². The lowest BCUT2D eigenvalue weighted by Crippen LogP contribution is -2.29. The molecule has 1 rings (SSSR count). The van der Waals surface area contributed by atoms with Gasteiger partial charge in [0.05, 0.1) is 19.3 Å². The summed E-state index contributed by atoms with van der Waals surface area (Å²) >= 11 is 0. The molecule has 0 aromatic carbocycles. The summed E-state index contributed by atoms with van der Waals surface area (Å²) in [4.78, 5) is 11.1. The van der Waals surface area contributed by atoms with Crippen molar-refractivity contribution in [3.05, 3.63) is 24.2 Å². The second-order valence-corrected chi connectivity index (χ2v) is 4.03. The summed E-state index contributed by atoms with van der Waals surface area (Å²) in [5.74, 6) is 0.863. The molecular formula is C13H21NO3. The van der Waals surface area contributed by atoms with Gasteiger partial charge in [-0.3, -0.25) is 4.79 Å². The van der Waals surface area contributed by atoms with Gasteiger partial charge >= 0.3 is 5.97 Å². The lowest BCUT2D eigenvalue weighted by atomic mass is 10.1. The Hall–Kier alpha value is -1.29. The number of hydrogen-bond donors (Lipinski definition) is 1. The molecule has 0 radical (unpaired) electrons. The summed E-state index contributed by atoms with van der Waals surface area (Å²) in [5, 5.41) is 3.29. The van der Waals surface area contributed by atoms with Crippen molar-refractivity contribution in [1.29, 1.82) is 0 Å². The number of rotatable bonds is 8. The highest BCUT2D eigenvalue weighted by Gasteiger charge is 2.05. The van der Waals surface area contributed by atoms with Crippen LogP contribution in [0.4, 0.5) is 0 Å². The number of hydrogen-bond acceptors (Lipinski definition) is 4. The zero-order chi connectivity index (χ0) is 12.5. The fourth-order valence-corrected chi connectivity index (χ4v) is 1.57. The van der Waals surface area contributed by atoms with Gasteiger partial charge in [-0.05, 0) is 32.4 Å². The van der Waals surface area contributed by atoms with E-state index in [0.717, 1.165) is 18.6 Å². The lowest BCUT2D eigenvalue weighted by molar-refractivity contribution is -0.142. The molecule has 0 saturated carbocycles. The SMILES string of the molecule is CCOC(=O)CCNC(C)CCc1ccco1. The maximum Gasteiger partial charge on any atom is 0.307 e. The van der Waals surface area contributed by atoms with Gasteiger partial charge in [-0.15, -0.1) is 0 Å². The van der Waals surface area contributed by atoms with E-state index in [0.29, 0.717) is 25.6 Å². The van der Waals surface area contributed by atoms with Crippen LogP contribution in [0.2, 0.25) is 0 Å². The topological polar surface area (TPSA) is 51.5 Å². The molecule has 0 saturated heterocycles. The Morgan fingerprint density at radius 2 is 2.41 bits per heavy atom. The van der Waals surface area contributed by atoms with Crippen LogP contribution in [0.3, 0.4) is 0 Å². The molecule has 1 aromatic rings. The molecule has 0 aliphatic heterocycles. The second-order valence-electron chi connectivity index (χ2n) is 4.03. The van der Waals surface area contributed by atoms with E-state index in [-0.39, 0.29) is 5.97 Å². The van der Waals surface area contributed by atoms with Crippen LogP contribution in [0.1, 0.15) is 32.4 Å². The van der Waals surface area contributed by atoms with Crippen LogP contribution in [0, 0.1) is 0 Å². The van der Waals surface area contributed by atoms with E-state index >= 15 is 0 Å². The molecule has 1 atom stereocenters. The number of carbonyl (C=O) groups excluding carboxylic acids is 1. The summed E-state index contributed by atoms with van der Waals surface area (Å²) < 4.78 is 10.1. The first-order valence-electron chi connectivity index (χ1n) is 6.13. The predicted octanol–water partition coefficient (Wildman–Crippen LogP) is 2.14. The highest BCUT2D eigenvalue weighted by Crippen LogP contribution is 2.05. The zero-order valence-electron chi connectivity index (χ0n) is 10.6. The molecular weight excluding hydrogens is 218 g/mol. The number of nitrogens with one attached hydrogen (secondary N) is 1. The van der Waals surface area contributed by atoms with Crippen LogP contribution in [0.15, 0.2) is 22.8 Å². The van der Waals surface area contributed by atoms with Gasteiger partial charge in [0.25, 0.3) is 0 Å². The van der Waals surface area contributed by atoms with E-state index in [1.165, 1.54) is 0 Å². The summed E-state index contributed by atoms with van der Waals surface area (Å²) in [5.41, 5.74) is 0. The Bertz CT molecular complexity index is 308. The highest BCUT2D eigenvalue weighted by molar-refractivity contribution is 5.69. The summed E-state index contributed by atoms with van der Waals surface area (Å²) in [6.45, 7) is 5.04. The van der Waals surface area contributed by atoms with Crippen LogP contribution < -0.4 is 5.32 Å². The molecule has 1 unspecified atom stereocenters. The van der Waals surface area contributed by atoms with E-state index in [1.807, 2.05) is 19.1 Å². The molecule has 0 amide bonds. The van der Waals surface area contributed by atoms with Crippen molar-refractivity contribution in [2.45, 2.75) is 39.2 Å². The minimum Gasteiger partial charge on any atom is -0.469 e. The lowest BCUT2D eigenvalue weighted by Gasteiger charge is -2.12. The summed E-state index contributed by atoms with van der Waals surface area (Å²) in [6.07, 6.45) is 4.03. The van der Waals surface area contributed by atoms with Gasteiger partial charge in [-0.25, -0.2) is 0 Å². The summed E-state index contributed by atoms with van der Waals surface area (Å²) in [6, 6.07) is 4.24. The number of ether oxygens (including phenoxy) is 1. The Balaban J connectivity index is 2.05. The fraction of sp³-hybridized carbons (Fsp3) is 0.615.